The molecule has 4 rings (SSSR count). The summed E-state index contributed by atoms with van der Waals surface area (Å²) in [6, 6.07) is 0. The zero-order valence-corrected chi connectivity index (χ0v) is 8.62. The zero-order valence-electron chi connectivity index (χ0n) is 5.36. The van der Waals surface area contributed by atoms with Crippen molar-refractivity contribution < 1.29 is 0 Å². The third-order valence-electron chi connectivity index (χ3n) is 1.98. The highest BCUT2D eigenvalue weighted by Gasteiger charge is 2.44. The van der Waals surface area contributed by atoms with Crippen LogP contribution in [0.25, 0.3) is 0 Å². The van der Waals surface area contributed by atoms with Crippen molar-refractivity contribution >= 4 is 47.0 Å². The molecule has 0 saturated carbocycles. The summed E-state index contributed by atoms with van der Waals surface area (Å²) in [6.45, 7) is 0. The molecule has 4 fully saturated rings. The van der Waals surface area contributed by atoms with Gasteiger partial charge in [0.15, 0.2) is 0 Å². The van der Waals surface area contributed by atoms with Crippen LogP contribution >= 0.6 is 47.0 Å². The Morgan fingerprint density at radius 1 is 0.600 bits per heavy atom. The average molecular weight is 208 g/mol. The van der Waals surface area contributed by atoms with Crippen LogP contribution in [-0.2, 0) is 0 Å². The van der Waals surface area contributed by atoms with Gasteiger partial charge in [0.25, 0.3) is 0 Å². The Morgan fingerprint density at radius 2 is 0.900 bits per heavy atom. The van der Waals surface area contributed by atoms with E-state index in [1.54, 1.807) is 0 Å². The highest BCUT2D eigenvalue weighted by molar-refractivity contribution is 8.35. The molecular formula is C6H8S4. The Hall–Kier alpha value is 1.40. The van der Waals surface area contributed by atoms with E-state index >= 15 is 0 Å². The number of hydrogen-bond acceptors (Lipinski definition) is 4. The Kier molecular flexibility index (Phi) is 1.68. The molecule has 4 aliphatic rings. The quantitative estimate of drug-likeness (QED) is 0.600. The summed E-state index contributed by atoms with van der Waals surface area (Å²) in [7, 11) is 0. The fourth-order valence-electron chi connectivity index (χ4n) is 1.56. The first-order valence-electron chi connectivity index (χ1n) is 3.52. The van der Waals surface area contributed by atoms with Crippen molar-refractivity contribution in [2.75, 3.05) is 0 Å². The molecule has 4 bridgehead atoms. The monoisotopic (exact) mass is 208 g/mol. The topological polar surface area (TPSA) is 0 Å². The Balaban J connectivity index is 1.90. The summed E-state index contributed by atoms with van der Waals surface area (Å²) >= 11 is 8.88. The van der Waals surface area contributed by atoms with Crippen LogP contribution in [0.15, 0.2) is 0 Å². The molecule has 0 aliphatic carbocycles. The Morgan fingerprint density at radius 3 is 1.20 bits per heavy atom. The van der Waals surface area contributed by atoms with Gasteiger partial charge in [0, 0.05) is 0 Å². The highest BCUT2D eigenvalue weighted by Crippen LogP contribution is 2.63. The minimum Gasteiger partial charge on any atom is -0.133 e. The van der Waals surface area contributed by atoms with E-state index < -0.39 is 0 Å². The lowest BCUT2D eigenvalue weighted by Gasteiger charge is -2.47. The second-order valence-corrected chi connectivity index (χ2v) is 9.57. The third kappa shape index (κ3) is 1.03. The van der Waals surface area contributed by atoms with Gasteiger partial charge in [-0.1, -0.05) is 0 Å². The normalized spacial score (nSPS) is 57.6. The maximum absolute atomic E-state index is 2.22. The van der Waals surface area contributed by atoms with Crippen LogP contribution in [0.2, 0.25) is 0 Å². The summed E-state index contributed by atoms with van der Waals surface area (Å²) in [6.07, 6.45) is 2.91. The lowest BCUT2D eigenvalue weighted by molar-refractivity contribution is 0.893. The summed E-state index contributed by atoms with van der Waals surface area (Å²) in [5.74, 6) is 0. The van der Waals surface area contributed by atoms with Gasteiger partial charge in [-0.2, -0.15) is 0 Å². The van der Waals surface area contributed by atoms with Gasteiger partial charge in [0.05, 0.1) is 18.3 Å². The maximum Gasteiger partial charge on any atom is 0.0543 e. The van der Waals surface area contributed by atoms with Crippen molar-refractivity contribution in [1.29, 1.82) is 0 Å². The van der Waals surface area contributed by atoms with Crippen molar-refractivity contribution in [3.05, 3.63) is 0 Å². The smallest absolute Gasteiger partial charge is 0.0543 e. The fraction of sp³-hybridized carbons (Fsp3) is 1.00. The van der Waals surface area contributed by atoms with Crippen molar-refractivity contribution in [3.8, 4) is 0 Å². The van der Waals surface area contributed by atoms with Gasteiger partial charge in [-0.05, 0) is 12.8 Å². The molecule has 0 nitrogen and oxygen atoms in total. The molecule has 0 spiro atoms. The second-order valence-electron chi connectivity index (χ2n) is 2.73. The predicted molar refractivity (Wildman–Crippen MR) is 54.8 cm³/mol. The molecule has 0 N–H and O–H groups in total. The van der Waals surface area contributed by atoms with Crippen LogP contribution < -0.4 is 0 Å². The van der Waals surface area contributed by atoms with Gasteiger partial charge >= 0.3 is 0 Å². The van der Waals surface area contributed by atoms with Gasteiger partial charge < -0.3 is 0 Å². The maximum atomic E-state index is 2.22. The van der Waals surface area contributed by atoms with Crippen LogP contribution in [0.4, 0.5) is 0 Å². The summed E-state index contributed by atoms with van der Waals surface area (Å²) in [4.78, 5) is 0. The van der Waals surface area contributed by atoms with Crippen molar-refractivity contribution in [1.82, 2.24) is 0 Å². The second kappa shape index (κ2) is 2.44. The summed E-state index contributed by atoms with van der Waals surface area (Å²) in [5, 5.41) is 0. The number of rotatable bonds is 0. The molecule has 0 aromatic carbocycles. The van der Waals surface area contributed by atoms with E-state index in [4.69, 9.17) is 0 Å². The molecule has 0 aromatic rings. The summed E-state index contributed by atoms with van der Waals surface area (Å²) in [5.41, 5.74) is 0. The molecule has 0 amide bonds. The van der Waals surface area contributed by atoms with E-state index in [-0.39, 0.29) is 0 Å². The minimum atomic E-state index is 0.969. The first-order chi connectivity index (χ1) is 4.90. The molecule has 10 heavy (non-hydrogen) atoms. The molecular weight excluding hydrogens is 200 g/mol. The van der Waals surface area contributed by atoms with E-state index in [9.17, 15) is 0 Å². The molecule has 0 aromatic heterocycles. The van der Waals surface area contributed by atoms with Crippen LogP contribution in [0.3, 0.4) is 0 Å². The molecule has 0 unspecified atom stereocenters. The lowest BCUT2D eigenvalue weighted by Crippen LogP contribution is -2.34. The number of hydrogen-bond donors (Lipinski definition) is 0. The van der Waals surface area contributed by atoms with Crippen LogP contribution in [0.5, 0.6) is 0 Å². The highest BCUT2D eigenvalue weighted by atomic mass is 32.3. The van der Waals surface area contributed by atoms with E-state index in [1.165, 1.54) is 12.8 Å². The van der Waals surface area contributed by atoms with Gasteiger partial charge in [-0.15, -0.1) is 47.0 Å². The van der Waals surface area contributed by atoms with E-state index in [0.717, 1.165) is 18.3 Å². The SMILES string of the molecule is C1C2SC3CC(S2)SC1S3. The van der Waals surface area contributed by atoms with Gasteiger partial charge in [-0.25, -0.2) is 0 Å². The van der Waals surface area contributed by atoms with Gasteiger partial charge in [0.1, 0.15) is 0 Å². The minimum absolute atomic E-state index is 0.969. The lowest BCUT2D eigenvalue weighted by atomic mass is 10.5. The molecule has 56 valence electrons. The van der Waals surface area contributed by atoms with E-state index in [1.807, 2.05) is 0 Å². The van der Waals surface area contributed by atoms with Gasteiger partial charge in [0.2, 0.25) is 0 Å². The molecule has 4 heterocycles. The van der Waals surface area contributed by atoms with Crippen molar-refractivity contribution in [3.63, 3.8) is 0 Å². The van der Waals surface area contributed by atoms with E-state index in [0.29, 0.717) is 0 Å². The molecule has 0 radical (unpaired) electrons. The Labute approximate surface area is 78.0 Å². The van der Waals surface area contributed by atoms with Crippen molar-refractivity contribution in [2.45, 2.75) is 31.2 Å². The predicted octanol–water partition coefficient (Wildman–Crippen LogP) is 3.04. The average Bonchev–Trinajstić information content (AvgIpc) is 1.82. The Bertz CT molecular complexity index is 101. The summed E-state index contributed by atoms with van der Waals surface area (Å²) < 4.78 is 3.87. The fourth-order valence-corrected chi connectivity index (χ4v) is 11.4. The number of thioether (sulfide) groups is 4. The van der Waals surface area contributed by atoms with Crippen LogP contribution in [0.1, 0.15) is 12.8 Å². The van der Waals surface area contributed by atoms with Crippen LogP contribution in [-0.4, -0.2) is 18.3 Å². The first-order valence-corrected chi connectivity index (χ1v) is 7.29. The molecule has 4 aliphatic heterocycles. The molecule has 4 saturated heterocycles. The first kappa shape index (κ1) is 6.87. The molecule has 4 heteroatoms. The van der Waals surface area contributed by atoms with Crippen molar-refractivity contribution in [2.24, 2.45) is 0 Å². The van der Waals surface area contributed by atoms with Crippen LogP contribution in [0, 0.1) is 0 Å². The standard InChI is InChI=1S/C6H8S4/c1-3-7-5-2-6(8-3)10-4(1)9-5/h3-6H,1-2H2. The largest absolute Gasteiger partial charge is 0.133 e. The third-order valence-corrected chi connectivity index (χ3v) is 8.62. The van der Waals surface area contributed by atoms with Gasteiger partial charge in [-0.3, -0.25) is 0 Å². The van der Waals surface area contributed by atoms with E-state index in [2.05, 4.69) is 47.0 Å². The molecule has 0 atom stereocenters. The zero-order chi connectivity index (χ0) is 6.55.